The van der Waals surface area contributed by atoms with Crippen LogP contribution in [0, 0.1) is 0 Å². The van der Waals surface area contributed by atoms with E-state index >= 15 is 0 Å². The van der Waals surface area contributed by atoms with E-state index in [9.17, 15) is 0 Å². The Hall–Kier alpha value is 1.32. The van der Waals surface area contributed by atoms with Crippen LogP contribution in [0.1, 0.15) is 49.7 Å². The molecule has 0 spiro atoms. The average molecular weight is 594 g/mol. The topological polar surface area (TPSA) is 0 Å². The first kappa shape index (κ1) is 19.6. The van der Waals surface area contributed by atoms with Gasteiger partial charge in [0.2, 0.25) is 0 Å². The first-order chi connectivity index (χ1) is 10.6. The molecule has 0 aliphatic carbocycles. The third-order valence-corrected chi connectivity index (χ3v) is 8.52. The highest BCUT2D eigenvalue weighted by atomic mass is 79.9. The first-order valence-corrected chi connectivity index (χ1v) is 12.2. The number of halogens is 4. The molecule has 2 aromatic heterocycles. The maximum atomic E-state index is 3.63. The lowest BCUT2D eigenvalue weighted by Crippen LogP contribution is -1.87. The molecule has 22 heavy (non-hydrogen) atoms. The Morgan fingerprint density at radius 3 is 1.27 bits per heavy atom. The second-order valence-electron chi connectivity index (χ2n) is 5.32. The minimum atomic E-state index is 1.19. The van der Waals surface area contributed by atoms with E-state index in [1.54, 1.807) is 22.7 Å². The SMILES string of the molecule is Brc1cc(CCCCCCCCc2cc(Br)sc2Br)c(Br)s1. The van der Waals surface area contributed by atoms with Crippen LogP contribution in [0.4, 0.5) is 0 Å². The smallest absolute Gasteiger partial charge is 0.0742 e. The van der Waals surface area contributed by atoms with Crippen LogP contribution < -0.4 is 0 Å². The van der Waals surface area contributed by atoms with E-state index in [-0.39, 0.29) is 0 Å². The van der Waals surface area contributed by atoms with Gasteiger partial charge in [-0.2, -0.15) is 0 Å². The van der Waals surface area contributed by atoms with Crippen LogP contribution in [0.2, 0.25) is 0 Å². The maximum Gasteiger partial charge on any atom is 0.0742 e. The molecule has 0 bridgehead atoms. The van der Waals surface area contributed by atoms with Crippen molar-refractivity contribution in [2.24, 2.45) is 0 Å². The van der Waals surface area contributed by atoms with E-state index in [0.29, 0.717) is 0 Å². The van der Waals surface area contributed by atoms with Crippen molar-refractivity contribution in [2.45, 2.75) is 51.4 Å². The first-order valence-electron chi connectivity index (χ1n) is 7.43. The molecular weight excluding hydrogens is 576 g/mol. The summed E-state index contributed by atoms with van der Waals surface area (Å²) < 4.78 is 5.01. The van der Waals surface area contributed by atoms with Crippen molar-refractivity contribution >= 4 is 86.4 Å². The van der Waals surface area contributed by atoms with Gasteiger partial charge in [-0.3, -0.25) is 0 Å². The zero-order valence-corrected chi connectivity index (χ0v) is 20.1. The highest BCUT2D eigenvalue weighted by molar-refractivity contribution is 9.12. The quantitative estimate of drug-likeness (QED) is 0.255. The summed E-state index contributed by atoms with van der Waals surface area (Å²) in [6.45, 7) is 0. The molecule has 0 aliphatic rings. The Labute approximate surface area is 174 Å². The Morgan fingerprint density at radius 1 is 0.591 bits per heavy atom. The molecule has 0 radical (unpaired) electrons. The molecule has 0 atom stereocenters. The molecule has 6 heteroatoms. The predicted octanol–water partition coefficient (Wildman–Crippen LogP) is 8.99. The number of thiophene rings is 2. The molecule has 0 saturated heterocycles. The van der Waals surface area contributed by atoms with Gasteiger partial charge in [0.1, 0.15) is 0 Å². The third kappa shape index (κ3) is 6.67. The van der Waals surface area contributed by atoms with E-state index in [1.807, 2.05) is 0 Å². The lowest BCUT2D eigenvalue weighted by Gasteiger charge is -2.02. The molecule has 0 aliphatic heterocycles. The summed E-state index contributed by atoms with van der Waals surface area (Å²) in [6, 6.07) is 4.48. The molecule has 2 aromatic rings. The predicted molar refractivity (Wildman–Crippen MR) is 115 cm³/mol. The molecule has 0 nitrogen and oxygen atoms in total. The molecule has 0 N–H and O–H groups in total. The van der Waals surface area contributed by atoms with Gasteiger partial charge < -0.3 is 0 Å². The Morgan fingerprint density at radius 2 is 0.955 bits per heavy atom. The zero-order valence-electron chi connectivity index (χ0n) is 12.1. The highest BCUT2D eigenvalue weighted by Gasteiger charge is 2.06. The second-order valence-corrected chi connectivity index (χ2v) is 12.8. The lowest BCUT2D eigenvalue weighted by molar-refractivity contribution is 0.594. The summed E-state index contributed by atoms with van der Waals surface area (Å²) in [5, 5.41) is 0. The van der Waals surface area contributed by atoms with Crippen LogP contribution in [0.5, 0.6) is 0 Å². The minimum Gasteiger partial charge on any atom is -0.121 e. The highest BCUT2D eigenvalue weighted by Crippen LogP contribution is 2.33. The number of unbranched alkanes of at least 4 members (excludes halogenated alkanes) is 5. The fraction of sp³-hybridized carbons (Fsp3) is 0.500. The van der Waals surface area contributed by atoms with Crippen LogP contribution in [-0.2, 0) is 12.8 Å². The Kier molecular flexibility index (Phi) is 9.23. The van der Waals surface area contributed by atoms with Gasteiger partial charge in [-0.1, -0.05) is 25.7 Å². The molecule has 0 saturated carbocycles. The number of hydrogen-bond acceptors (Lipinski definition) is 2. The molecule has 0 unspecified atom stereocenters. The Balaban J connectivity index is 1.51. The summed E-state index contributed by atoms with van der Waals surface area (Å²) in [6.07, 6.45) is 10.4. The number of hydrogen-bond donors (Lipinski definition) is 0. The molecule has 122 valence electrons. The van der Waals surface area contributed by atoms with Crippen molar-refractivity contribution in [1.29, 1.82) is 0 Å². The second kappa shape index (κ2) is 10.3. The van der Waals surface area contributed by atoms with E-state index in [0.717, 1.165) is 0 Å². The van der Waals surface area contributed by atoms with Gasteiger partial charge in [0.25, 0.3) is 0 Å². The standard InChI is InChI=1S/C16H18Br4S2/c17-13-9-11(15(19)21-13)7-5-3-1-2-4-6-8-12-10-14(18)22-16(12)20/h9-10H,1-8H2. The van der Waals surface area contributed by atoms with Crippen molar-refractivity contribution in [2.75, 3.05) is 0 Å². The summed E-state index contributed by atoms with van der Waals surface area (Å²) in [7, 11) is 0. The van der Waals surface area contributed by atoms with Gasteiger partial charge in [0, 0.05) is 0 Å². The maximum absolute atomic E-state index is 3.63. The van der Waals surface area contributed by atoms with Crippen LogP contribution in [0.15, 0.2) is 27.3 Å². The van der Waals surface area contributed by atoms with Gasteiger partial charge in [-0.05, 0) is 113 Å². The van der Waals surface area contributed by atoms with E-state index in [2.05, 4.69) is 75.9 Å². The van der Waals surface area contributed by atoms with Crippen molar-refractivity contribution < 1.29 is 0 Å². The molecule has 0 amide bonds. The van der Waals surface area contributed by atoms with E-state index in [4.69, 9.17) is 0 Å². The summed E-state index contributed by atoms with van der Waals surface area (Å²) in [4.78, 5) is 0. The summed E-state index contributed by atoms with van der Waals surface area (Å²) in [5.74, 6) is 0. The molecule has 0 aromatic carbocycles. The zero-order chi connectivity index (χ0) is 15.9. The average Bonchev–Trinajstić information content (AvgIpc) is 2.94. The van der Waals surface area contributed by atoms with Gasteiger partial charge in [0.15, 0.2) is 0 Å². The molecule has 2 rings (SSSR count). The van der Waals surface area contributed by atoms with E-state index in [1.165, 1.54) is 77.6 Å². The van der Waals surface area contributed by atoms with Crippen LogP contribution in [-0.4, -0.2) is 0 Å². The van der Waals surface area contributed by atoms with Gasteiger partial charge >= 0.3 is 0 Å². The minimum absolute atomic E-state index is 1.19. The van der Waals surface area contributed by atoms with Crippen LogP contribution >= 0.6 is 86.4 Å². The fourth-order valence-corrected chi connectivity index (χ4v) is 8.26. The van der Waals surface area contributed by atoms with Crippen molar-refractivity contribution in [1.82, 2.24) is 0 Å². The van der Waals surface area contributed by atoms with Crippen molar-refractivity contribution in [3.63, 3.8) is 0 Å². The Bertz CT molecular complexity index is 537. The van der Waals surface area contributed by atoms with Crippen molar-refractivity contribution in [3.05, 3.63) is 38.4 Å². The number of aryl methyl sites for hydroxylation is 2. The van der Waals surface area contributed by atoms with Gasteiger partial charge in [0.05, 0.1) is 15.1 Å². The van der Waals surface area contributed by atoms with E-state index < -0.39 is 0 Å². The van der Waals surface area contributed by atoms with Gasteiger partial charge in [-0.25, -0.2) is 0 Å². The molecule has 0 fully saturated rings. The summed E-state index contributed by atoms with van der Waals surface area (Å²) >= 11 is 17.9. The lowest BCUT2D eigenvalue weighted by atomic mass is 10.0. The van der Waals surface area contributed by atoms with Crippen LogP contribution in [0.3, 0.4) is 0 Å². The largest absolute Gasteiger partial charge is 0.121 e. The summed E-state index contributed by atoms with van der Waals surface area (Å²) in [5.41, 5.74) is 2.90. The van der Waals surface area contributed by atoms with Gasteiger partial charge in [-0.15, -0.1) is 22.7 Å². The monoisotopic (exact) mass is 590 g/mol. The molecular formula is C16H18Br4S2. The normalized spacial score (nSPS) is 11.3. The number of rotatable bonds is 9. The van der Waals surface area contributed by atoms with Crippen molar-refractivity contribution in [3.8, 4) is 0 Å². The molecule has 2 heterocycles. The third-order valence-electron chi connectivity index (χ3n) is 3.60. The fourth-order valence-electron chi connectivity index (χ4n) is 2.43. The van der Waals surface area contributed by atoms with Crippen LogP contribution in [0.25, 0.3) is 0 Å².